The van der Waals surface area contributed by atoms with Crippen LogP contribution in [-0.4, -0.2) is 19.8 Å². The number of sulfonamides is 1. The molecule has 0 bridgehead atoms. The molecule has 7 heteroatoms. The van der Waals surface area contributed by atoms with E-state index in [0.717, 1.165) is 16.2 Å². The number of anilines is 1. The zero-order valence-electron chi connectivity index (χ0n) is 13.2. The summed E-state index contributed by atoms with van der Waals surface area (Å²) < 4.78 is 32.8. The number of nitrogens with one attached hydrogen (secondary N) is 1. The van der Waals surface area contributed by atoms with E-state index < -0.39 is 10.0 Å². The van der Waals surface area contributed by atoms with Gasteiger partial charge in [-0.1, -0.05) is 11.2 Å². The fourth-order valence-corrected chi connectivity index (χ4v) is 3.71. The Morgan fingerprint density at radius 3 is 2.46 bits per heavy atom. The number of hydrogen-bond acceptors (Lipinski definition) is 5. The second-order valence-corrected chi connectivity index (χ2v) is 7.76. The molecule has 0 fully saturated rings. The van der Waals surface area contributed by atoms with Gasteiger partial charge in [0, 0.05) is 22.2 Å². The molecule has 2 aromatic carbocycles. The van der Waals surface area contributed by atoms with Crippen LogP contribution in [0.1, 0.15) is 5.69 Å². The maximum Gasteiger partial charge on any atom is 0.261 e. The molecular formula is C17H16N2O3S2. The quantitative estimate of drug-likeness (QED) is 0.691. The lowest BCUT2D eigenvalue weighted by atomic mass is 10.2. The molecule has 1 N–H and O–H groups in total. The van der Waals surface area contributed by atoms with E-state index in [9.17, 15) is 8.42 Å². The second-order valence-electron chi connectivity index (χ2n) is 5.19. The molecule has 0 amide bonds. The van der Waals surface area contributed by atoms with Gasteiger partial charge in [-0.15, -0.1) is 11.8 Å². The van der Waals surface area contributed by atoms with Crippen LogP contribution in [0.5, 0.6) is 0 Å². The summed E-state index contributed by atoms with van der Waals surface area (Å²) in [5.41, 5.74) is 2.09. The molecule has 0 atom stereocenters. The zero-order chi connectivity index (χ0) is 17.2. The van der Waals surface area contributed by atoms with E-state index in [1.807, 2.05) is 25.3 Å². The van der Waals surface area contributed by atoms with E-state index >= 15 is 0 Å². The van der Waals surface area contributed by atoms with Crippen LogP contribution in [0, 0.1) is 6.92 Å². The number of benzene rings is 2. The maximum atomic E-state index is 12.5. The van der Waals surface area contributed by atoms with Crippen molar-refractivity contribution < 1.29 is 12.9 Å². The van der Waals surface area contributed by atoms with Crippen molar-refractivity contribution in [1.82, 2.24) is 5.16 Å². The SMILES string of the molecule is CSc1cccc(NS(=O)(=O)c2ccc(-c3cc(C)no3)cc2)c1. The van der Waals surface area contributed by atoms with Crippen molar-refractivity contribution in [3.8, 4) is 11.3 Å². The first-order chi connectivity index (χ1) is 11.5. The normalized spacial score (nSPS) is 11.4. The van der Waals surface area contributed by atoms with Crippen molar-refractivity contribution in [1.29, 1.82) is 0 Å². The summed E-state index contributed by atoms with van der Waals surface area (Å²) in [6.45, 7) is 1.83. The number of aromatic nitrogens is 1. The summed E-state index contributed by atoms with van der Waals surface area (Å²) in [5, 5.41) is 3.83. The van der Waals surface area contributed by atoms with Gasteiger partial charge in [-0.2, -0.15) is 0 Å². The molecule has 0 saturated heterocycles. The predicted molar refractivity (Wildman–Crippen MR) is 95.7 cm³/mol. The van der Waals surface area contributed by atoms with Crippen molar-refractivity contribution in [2.45, 2.75) is 16.7 Å². The summed E-state index contributed by atoms with van der Waals surface area (Å²) in [7, 11) is -3.64. The van der Waals surface area contributed by atoms with Crippen molar-refractivity contribution in [2.24, 2.45) is 0 Å². The van der Waals surface area contributed by atoms with Crippen LogP contribution in [0.15, 0.2) is 68.9 Å². The molecule has 0 aliphatic heterocycles. The molecule has 0 radical (unpaired) electrons. The molecule has 24 heavy (non-hydrogen) atoms. The highest BCUT2D eigenvalue weighted by molar-refractivity contribution is 7.98. The van der Waals surface area contributed by atoms with Crippen LogP contribution in [0.4, 0.5) is 5.69 Å². The van der Waals surface area contributed by atoms with Gasteiger partial charge < -0.3 is 4.52 Å². The van der Waals surface area contributed by atoms with Crippen LogP contribution in [0.25, 0.3) is 11.3 Å². The van der Waals surface area contributed by atoms with Crippen LogP contribution in [-0.2, 0) is 10.0 Å². The Labute approximate surface area is 145 Å². The van der Waals surface area contributed by atoms with Crippen LogP contribution in [0.2, 0.25) is 0 Å². The zero-order valence-corrected chi connectivity index (χ0v) is 14.8. The average Bonchev–Trinajstić information content (AvgIpc) is 3.01. The number of nitrogens with zero attached hydrogens (tertiary/aromatic N) is 1. The highest BCUT2D eigenvalue weighted by Gasteiger charge is 2.15. The lowest BCUT2D eigenvalue weighted by Gasteiger charge is -2.09. The molecule has 0 spiro atoms. The summed E-state index contributed by atoms with van der Waals surface area (Å²) in [4.78, 5) is 1.18. The fraction of sp³-hybridized carbons (Fsp3) is 0.118. The predicted octanol–water partition coefficient (Wildman–Crippen LogP) is 4.17. The maximum absolute atomic E-state index is 12.5. The lowest BCUT2D eigenvalue weighted by molar-refractivity contribution is 0.427. The van der Waals surface area contributed by atoms with Crippen molar-refractivity contribution >= 4 is 27.5 Å². The Bertz CT molecular complexity index is 948. The Balaban J connectivity index is 1.84. The highest BCUT2D eigenvalue weighted by Crippen LogP contribution is 2.24. The first-order valence-corrected chi connectivity index (χ1v) is 9.89. The van der Waals surface area contributed by atoms with E-state index in [1.54, 1.807) is 54.2 Å². The molecule has 1 heterocycles. The van der Waals surface area contributed by atoms with Gasteiger partial charge in [-0.25, -0.2) is 8.42 Å². The van der Waals surface area contributed by atoms with Gasteiger partial charge in [-0.05, 0) is 55.6 Å². The molecule has 1 aromatic heterocycles. The van der Waals surface area contributed by atoms with E-state index in [4.69, 9.17) is 4.52 Å². The minimum absolute atomic E-state index is 0.192. The molecule has 3 rings (SSSR count). The Hall–Kier alpha value is -2.25. The first-order valence-electron chi connectivity index (χ1n) is 7.18. The third-order valence-electron chi connectivity index (χ3n) is 3.40. The molecule has 0 aliphatic carbocycles. The first kappa shape index (κ1) is 16.6. The van der Waals surface area contributed by atoms with Gasteiger partial charge in [0.25, 0.3) is 10.0 Å². The third kappa shape index (κ3) is 3.63. The average molecular weight is 360 g/mol. The van der Waals surface area contributed by atoms with Gasteiger partial charge in [0.05, 0.1) is 10.6 Å². The van der Waals surface area contributed by atoms with E-state index in [0.29, 0.717) is 11.4 Å². The largest absolute Gasteiger partial charge is 0.356 e. The monoisotopic (exact) mass is 360 g/mol. The van der Waals surface area contributed by atoms with Gasteiger partial charge >= 0.3 is 0 Å². The van der Waals surface area contributed by atoms with Crippen LogP contribution >= 0.6 is 11.8 Å². The summed E-state index contributed by atoms with van der Waals surface area (Å²) in [6.07, 6.45) is 1.94. The molecule has 0 saturated carbocycles. The fourth-order valence-electron chi connectivity index (χ4n) is 2.20. The number of hydrogen-bond donors (Lipinski definition) is 1. The summed E-state index contributed by atoms with van der Waals surface area (Å²) >= 11 is 1.56. The Morgan fingerprint density at radius 2 is 1.83 bits per heavy atom. The van der Waals surface area contributed by atoms with Gasteiger partial charge in [-0.3, -0.25) is 4.72 Å². The van der Waals surface area contributed by atoms with E-state index in [1.165, 1.54) is 0 Å². The second kappa shape index (κ2) is 6.70. The van der Waals surface area contributed by atoms with Crippen molar-refractivity contribution in [3.05, 3.63) is 60.3 Å². The van der Waals surface area contributed by atoms with Crippen LogP contribution in [0.3, 0.4) is 0 Å². The molecular weight excluding hydrogens is 344 g/mol. The molecule has 124 valence electrons. The van der Waals surface area contributed by atoms with Crippen LogP contribution < -0.4 is 4.72 Å². The number of aryl methyl sites for hydroxylation is 1. The molecule has 0 aliphatic rings. The topological polar surface area (TPSA) is 72.2 Å². The minimum atomic E-state index is -3.64. The van der Waals surface area contributed by atoms with Gasteiger partial charge in [0.2, 0.25) is 0 Å². The molecule has 0 unspecified atom stereocenters. The van der Waals surface area contributed by atoms with Crippen molar-refractivity contribution in [3.63, 3.8) is 0 Å². The van der Waals surface area contributed by atoms with E-state index in [2.05, 4.69) is 9.88 Å². The lowest BCUT2D eigenvalue weighted by Crippen LogP contribution is -2.12. The smallest absolute Gasteiger partial charge is 0.261 e. The van der Waals surface area contributed by atoms with Crippen molar-refractivity contribution in [2.75, 3.05) is 11.0 Å². The number of rotatable bonds is 5. The van der Waals surface area contributed by atoms with E-state index in [-0.39, 0.29) is 4.90 Å². The third-order valence-corrected chi connectivity index (χ3v) is 5.52. The molecule has 5 nitrogen and oxygen atoms in total. The highest BCUT2D eigenvalue weighted by atomic mass is 32.2. The summed E-state index contributed by atoms with van der Waals surface area (Å²) in [6, 6.07) is 15.6. The van der Waals surface area contributed by atoms with Gasteiger partial charge in [0.15, 0.2) is 5.76 Å². The summed E-state index contributed by atoms with van der Waals surface area (Å²) in [5.74, 6) is 0.608. The Kier molecular flexibility index (Phi) is 4.64. The standard InChI is InChI=1S/C17H16N2O3S2/c1-12-10-17(22-18-12)13-6-8-16(9-7-13)24(20,21)19-14-4-3-5-15(11-14)23-2/h3-11,19H,1-2H3. The minimum Gasteiger partial charge on any atom is -0.356 e. The Morgan fingerprint density at radius 1 is 1.08 bits per heavy atom. The molecule has 3 aromatic rings. The number of thioether (sulfide) groups is 1. The van der Waals surface area contributed by atoms with Gasteiger partial charge in [0.1, 0.15) is 0 Å².